The van der Waals surface area contributed by atoms with Crippen molar-refractivity contribution in [3.63, 3.8) is 0 Å². The van der Waals surface area contributed by atoms with Crippen molar-refractivity contribution in [1.82, 2.24) is 0 Å². The molecule has 0 unspecified atom stereocenters. The van der Waals surface area contributed by atoms with Gasteiger partial charge in [-0.2, -0.15) is 0 Å². The van der Waals surface area contributed by atoms with Crippen LogP contribution in [0.5, 0.6) is 0 Å². The highest BCUT2D eigenvalue weighted by Gasteiger charge is 2.10. The molecule has 1 aromatic heterocycles. The van der Waals surface area contributed by atoms with Crippen molar-refractivity contribution in [1.29, 1.82) is 0 Å². The zero-order valence-electron chi connectivity index (χ0n) is 9.64. The summed E-state index contributed by atoms with van der Waals surface area (Å²) in [5.74, 6) is 0.484. The van der Waals surface area contributed by atoms with Crippen LogP contribution >= 0.6 is 0 Å². The van der Waals surface area contributed by atoms with Gasteiger partial charge in [-0.05, 0) is 12.8 Å². The van der Waals surface area contributed by atoms with Crippen LogP contribution in [0.3, 0.4) is 0 Å². The molecule has 0 radical (unpaired) electrons. The lowest BCUT2D eigenvalue weighted by atomic mass is 10.1. The number of rotatable bonds is 8. The monoisotopic (exact) mass is 245 g/mol. The molecule has 96 valence electrons. The molecule has 0 aliphatic heterocycles. The molecule has 0 amide bonds. The van der Waals surface area contributed by atoms with Gasteiger partial charge in [0.2, 0.25) is 0 Å². The van der Waals surface area contributed by atoms with Crippen molar-refractivity contribution in [3.8, 4) is 0 Å². The van der Waals surface area contributed by atoms with Gasteiger partial charge in [0.15, 0.2) is 0 Å². The molecular weight excluding hydrogens is 230 g/mol. The molecule has 0 fully saturated rings. The second kappa shape index (κ2) is 6.72. The summed E-state index contributed by atoms with van der Waals surface area (Å²) in [6.07, 6.45) is 3.37. The largest absolute Gasteiger partial charge is 0.519 e. The van der Waals surface area contributed by atoms with E-state index in [1.54, 1.807) is 0 Å². The third-order valence-electron chi connectivity index (χ3n) is 2.29. The van der Waals surface area contributed by atoms with E-state index in [2.05, 4.69) is 4.84 Å². The lowest BCUT2D eigenvalue weighted by Gasteiger charge is -1.99. The van der Waals surface area contributed by atoms with Gasteiger partial charge in [-0.15, -0.1) is 10.1 Å². The predicted octanol–water partition coefficient (Wildman–Crippen LogP) is 1.72. The summed E-state index contributed by atoms with van der Waals surface area (Å²) >= 11 is 0. The minimum absolute atomic E-state index is 0.100. The first kappa shape index (κ1) is 13.3. The lowest BCUT2D eigenvalue weighted by Crippen LogP contribution is -2.02. The summed E-state index contributed by atoms with van der Waals surface area (Å²) < 4.78 is 9.73. The van der Waals surface area contributed by atoms with Crippen LogP contribution in [0, 0.1) is 10.1 Å². The minimum Gasteiger partial charge on any atom is -0.396 e. The van der Waals surface area contributed by atoms with E-state index in [1.165, 1.54) is 0 Å². The predicted molar refractivity (Wildman–Crippen MR) is 57.1 cm³/mol. The highest BCUT2D eigenvalue weighted by molar-refractivity contribution is 5.02. The maximum absolute atomic E-state index is 10.9. The summed E-state index contributed by atoms with van der Waals surface area (Å²) in [6, 6.07) is 0. The average molecular weight is 245 g/mol. The van der Waals surface area contributed by atoms with E-state index in [4.69, 9.17) is 8.83 Å². The van der Waals surface area contributed by atoms with Gasteiger partial charge in [-0.1, -0.05) is 13.3 Å². The Morgan fingerprint density at radius 2 is 1.94 bits per heavy atom. The summed E-state index contributed by atoms with van der Waals surface area (Å²) in [6.45, 7) is 1.98. The van der Waals surface area contributed by atoms with E-state index < -0.39 is 10.9 Å². The molecule has 0 atom stereocenters. The highest BCUT2D eigenvalue weighted by Crippen LogP contribution is 2.12. The van der Waals surface area contributed by atoms with Crippen LogP contribution in [0.15, 0.2) is 13.6 Å². The number of hydrogen-bond acceptors (Lipinski definition) is 6. The Hall–Kier alpha value is -1.79. The van der Waals surface area contributed by atoms with Gasteiger partial charge in [0.1, 0.15) is 11.5 Å². The normalized spacial score (nSPS) is 10.4. The molecule has 0 saturated heterocycles. The van der Waals surface area contributed by atoms with Crippen molar-refractivity contribution in [3.05, 3.63) is 32.3 Å². The minimum atomic E-state index is -0.801. The van der Waals surface area contributed by atoms with Crippen molar-refractivity contribution >= 4 is 0 Å². The van der Waals surface area contributed by atoms with Crippen molar-refractivity contribution in [2.75, 3.05) is 6.61 Å². The molecule has 0 N–H and O–H groups in total. The number of aryl methyl sites for hydroxylation is 2. The number of hydrogen-bond donors (Lipinski definition) is 0. The van der Waals surface area contributed by atoms with E-state index in [0.717, 1.165) is 12.8 Å². The average Bonchev–Trinajstić information content (AvgIpc) is 2.63. The maximum atomic E-state index is 10.9. The molecular formula is C10H15NO6. The molecule has 0 spiro atoms. The van der Waals surface area contributed by atoms with Crippen molar-refractivity contribution < 1.29 is 18.8 Å². The van der Waals surface area contributed by atoms with Gasteiger partial charge in [0.25, 0.3) is 5.09 Å². The fourth-order valence-electron chi connectivity index (χ4n) is 1.50. The highest BCUT2D eigenvalue weighted by atomic mass is 16.9. The first-order valence-electron chi connectivity index (χ1n) is 5.52. The quantitative estimate of drug-likeness (QED) is 0.393. The van der Waals surface area contributed by atoms with Crippen LogP contribution in [0.1, 0.15) is 37.7 Å². The summed E-state index contributed by atoms with van der Waals surface area (Å²) in [5.41, 5.74) is 0. The molecule has 1 rings (SSSR count). The molecule has 7 heteroatoms. The van der Waals surface area contributed by atoms with Gasteiger partial charge >= 0.3 is 5.82 Å². The molecule has 0 aromatic carbocycles. The SMILES string of the molecule is CCc1oc(=O)oc1CCCCCO[N+](=O)[O-]. The van der Waals surface area contributed by atoms with Crippen LogP contribution in [0.25, 0.3) is 0 Å². The Labute approximate surface area is 97.5 Å². The van der Waals surface area contributed by atoms with E-state index >= 15 is 0 Å². The molecule has 1 heterocycles. The first-order valence-corrected chi connectivity index (χ1v) is 5.52. The van der Waals surface area contributed by atoms with Gasteiger partial charge < -0.3 is 13.7 Å². The fraction of sp³-hybridized carbons (Fsp3) is 0.700. The first-order chi connectivity index (χ1) is 8.13. The van der Waals surface area contributed by atoms with Crippen LogP contribution in [0.4, 0.5) is 0 Å². The second-order valence-corrected chi connectivity index (χ2v) is 3.52. The summed E-state index contributed by atoms with van der Waals surface area (Å²) in [4.78, 5) is 24.9. The van der Waals surface area contributed by atoms with Gasteiger partial charge in [-0.3, -0.25) is 0 Å². The number of unbranched alkanes of at least 4 members (excludes halogenated alkanes) is 2. The van der Waals surface area contributed by atoms with Crippen molar-refractivity contribution in [2.45, 2.75) is 39.0 Å². The second-order valence-electron chi connectivity index (χ2n) is 3.52. The van der Waals surface area contributed by atoms with Crippen LogP contribution in [-0.2, 0) is 17.7 Å². The Morgan fingerprint density at radius 3 is 2.59 bits per heavy atom. The smallest absolute Gasteiger partial charge is 0.396 e. The van der Waals surface area contributed by atoms with E-state index in [9.17, 15) is 14.9 Å². The van der Waals surface area contributed by atoms with Gasteiger partial charge in [-0.25, -0.2) is 4.79 Å². The fourth-order valence-corrected chi connectivity index (χ4v) is 1.50. The molecule has 1 aromatic rings. The zero-order valence-corrected chi connectivity index (χ0v) is 9.64. The zero-order chi connectivity index (χ0) is 12.7. The maximum Gasteiger partial charge on any atom is 0.519 e. The third kappa shape index (κ3) is 4.71. The Balaban J connectivity index is 2.22. The molecule has 0 bridgehead atoms. The Kier molecular flexibility index (Phi) is 5.25. The van der Waals surface area contributed by atoms with E-state index in [-0.39, 0.29) is 6.61 Å². The van der Waals surface area contributed by atoms with Crippen molar-refractivity contribution in [2.24, 2.45) is 0 Å². The number of nitrogens with zero attached hydrogens (tertiary/aromatic N) is 1. The van der Waals surface area contributed by atoms with Crippen LogP contribution < -0.4 is 5.82 Å². The molecule has 0 aliphatic rings. The third-order valence-corrected chi connectivity index (χ3v) is 2.29. The van der Waals surface area contributed by atoms with E-state index in [0.29, 0.717) is 30.8 Å². The summed E-state index contributed by atoms with van der Waals surface area (Å²) in [7, 11) is 0. The van der Waals surface area contributed by atoms with Gasteiger partial charge in [0.05, 0.1) is 6.61 Å². The van der Waals surface area contributed by atoms with E-state index in [1.807, 2.05) is 6.92 Å². The van der Waals surface area contributed by atoms with Crippen LogP contribution in [-0.4, -0.2) is 11.7 Å². The lowest BCUT2D eigenvalue weighted by molar-refractivity contribution is -0.757. The molecule has 7 nitrogen and oxygen atoms in total. The molecule has 17 heavy (non-hydrogen) atoms. The standard InChI is InChI=1S/C10H15NO6/c1-2-8-9(17-10(12)16-8)6-4-3-5-7-15-11(13)14/h2-7H2,1H3. The Morgan fingerprint density at radius 1 is 1.24 bits per heavy atom. The van der Waals surface area contributed by atoms with Crippen LogP contribution in [0.2, 0.25) is 0 Å². The topological polar surface area (TPSA) is 95.7 Å². The molecule has 0 saturated carbocycles. The molecule has 0 aliphatic carbocycles. The van der Waals surface area contributed by atoms with Gasteiger partial charge in [0, 0.05) is 12.8 Å². The Bertz CT molecular complexity index is 407. The summed E-state index contributed by atoms with van der Waals surface area (Å²) in [5, 5.41) is 9.06.